The van der Waals surface area contributed by atoms with Crippen molar-refractivity contribution in [3.05, 3.63) is 29.8 Å². The number of hydrogen-bond donors (Lipinski definition) is 0. The fraction of sp³-hybridized carbons (Fsp3) is 0.588. The zero-order chi connectivity index (χ0) is 15.2. The van der Waals surface area contributed by atoms with Crippen molar-refractivity contribution in [2.75, 3.05) is 11.9 Å². The molecular formula is C17H24BrNO2. The van der Waals surface area contributed by atoms with E-state index in [2.05, 4.69) is 15.9 Å². The number of amides is 1. The van der Waals surface area contributed by atoms with E-state index >= 15 is 0 Å². The Balaban J connectivity index is 2.11. The molecule has 1 fully saturated rings. The van der Waals surface area contributed by atoms with Crippen molar-refractivity contribution in [2.24, 2.45) is 0 Å². The van der Waals surface area contributed by atoms with Gasteiger partial charge < -0.3 is 9.64 Å². The summed E-state index contributed by atoms with van der Waals surface area (Å²) in [6, 6.07) is 7.97. The number of nitrogens with zero attached hydrogens (tertiary/aromatic N) is 1. The van der Waals surface area contributed by atoms with Gasteiger partial charge in [0.15, 0.2) is 0 Å². The summed E-state index contributed by atoms with van der Waals surface area (Å²) in [6.45, 7) is 4.81. The molecule has 3 nitrogen and oxygen atoms in total. The number of halogens is 1. The second-order valence-corrected chi connectivity index (χ2v) is 6.61. The van der Waals surface area contributed by atoms with Crippen molar-refractivity contribution in [2.45, 2.75) is 51.7 Å². The van der Waals surface area contributed by atoms with Gasteiger partial charge in [-0.1, -0.05) is 22.0 Å². The molecule has 0 aliphatic heterocycles. The number of benzene rings is 1. The molecule has 2 rings (SSSR count). The van der Waals surface area contributed by atoms with Gasteiger partial charge in [0.25, 0.3) is 5.91 Å². The minimum Gasteiger partial charge on any atom is -0.491 e. The summed E-state index contributed by atoms with van der Waals surface area (Å²) in [4.78, 5) is 14.8. The third-order valence-corrected chi connectivity index (χ3v) is 4.32. The summed E-state index contributed by atoms with van der Waals surface area (Å²) < 4.78 is 5.69. The topological polar surface area (TPSA) is 29.5 Å². The van der Waals surface area contributed by atoms with Gasteiger partial charge in [0.1, 0.15) is 5.75 Å². The second kappa shape index (κ2) is 7.83. The smallest absolute Gasteiger partial charge is 0.254 e. The van der Waals surface area contributed by atoms with E-state index in [1.807, 2.05) is 43.0 Å². The fourth-order valence-electron chi connectivity index (χ4n) is 2.52. The van der Waals surface area contributed by atoms with Crippen LogP contribution in [-0.4, -0.2) is 34.8 Å². The molecule has 116 valence electrons. The van der Waals surface area contributed by atoms with Gasteiger partial charge in [0, 0.05) is 23.5 Å². The van der Waals surface area contributed by atoms with Gasteiger partial charge in [-0.2, -0.15) is 0 Å². The highest BCUT2D eigenvalue weighted by atomic mass is 79.9. The average molecular weight is 354 g/mol. The Morgan fingerprint density at radius 3 is 2.76 bits per heavy atom. The summed E-state index contributed by atoms with van der Waals surface area (Å²) in [6.07, 6.45) is 4.61. The van der Waals surface area contributed by atoms with Gasteiger partial charge in [-0.3, -0.25) is 4.79 Å². The van der Waals surface area contributed by atoms with Crippen molar-refractivity contribution in [1.29, 1.82) is 0 Å². The highest BCUT2D eigenvalue weighted by Gasteiger charge is 2.29. The van der Waals surface area contributed by atoms with Gasteiger partial charge in [-0.05, 0) is 57.7 Å². The number of rotatable bonds is 7. The van der Waals surface area contributed by atoms with Crippen molar-refractivity contribution in [3.8, 4) is 5.75 Å². The normalized spacial score (nSPS) is 14.9. The van der Waals surface area contributed by atoms with Crippen LogP contribution in [0.4, 0.5) is 0 Å². The monoisotopic (exact) mass is 353 g/mol. The molecule has 1 aliphatic carbocycles. The molecule has 0 aromatic heterocycles. The SMILES string of the molecule is CC(C)Oc1cccc(C(=O)N(CCCBr)C2CCC2)c1. The number of ether oxygens (including phenoxy) is 1. The Labute approximate surface area is 135 Å². The van der Waals surface area contributed by atoms with Crippen molar-refractivity contribution in [1.82, 2.24) is 4.90 Å². The van der Waals surface area contributed by atoms with Crippen LogP contribution in [0.1, 0.15) is 49.9 Å². The van der Waals surface area contributed by atoms with Gasteiger partial charge in [-0.15, -0.1) is 0 Å². The average Bonchev–Trinajstić information content (AvgIpc) is 2.40. The van der Waals surface area contributed by atoms with E-state index < -0.39 is 0 Å². The van der Waals surface area contributed by atoms with E-state index in [0.29, 0.717) is 6.04 Å². The molecule has 1 aromatic rings. The van der Waals surface area contributed by atoms with Crippen LogP contribution in [0, 0.1) is 0 Å². The number of carbonyl (C=O) groups excluding carboxylic acids is 1. The fourth-order valence-corrected chi connectivity index (χ4v) is 2.77. The van der Waals surface area contributed by atoms with Gasteiger partial charge in [-0.25, -0.2) is 0 Å². The first-order chi connectivity index (χ1) is 10.1. The second-order valence-electron chi connectivity index (χ2n) is 5.82. The Kier molecular flexibility index (Phi) is 6.09. The van der Waals surface area contributed by atoms with Crippen molar-refractivity contribution >= 4 is 21.8 Å². The third kappa shape index (κ3) is 4.47. The molecule has 1 aromatic carbocycles. The zero-order valence-corrected chi connectivity index (χ0v) is 14.4. The van der Waals surface area contributed by atoms with Gasteiger partial charge in [0.2, 0.25) is 0 Å². The Morgan fingerprint density at radius 2 is 2.19 bits per heavy atom. The lowest BCUT2D eigenvalue weighted by Crippen LogP contribution is -2.44. The molecule has 4 heteroatoms. The van der Waals surface area contributed by atoms with Gasteiger partial charge >= 0.3 is 0 Å². The number of alkyl halides is 1. The summed E-state index contributed by atoms with van der Waals surface area (Å²) in [5.74, 6) is 0.903. The molecule has 0 N–H and O–H groups in total. The minimum absolute atomic E-state index is 0.117. The lowest BCUT2D eigenvalue weighted by molar-refractivity contribution is 0.0580. The first-order valence-electron chi connectivity index (χ1n) is 7.75. The highest BCUT2D eigenvalue weighted by Crippen LogP contribution is 2.27. The molecule has 1 saturated carbocycles. The van der Waals surface area contributed by atoms with Crippen LogP contribution in [0.3, 0.4) is 0 Å². The molecule has 21 heavy (non-hydrogen) atoms. The predicted molar refractivity (Wildman–Crippen MR) is 89.3 cm³/mol. The van der Waals surface area contributed by atoms with E-state index in [1.54, 1.807) is 0 Å². The van der Waals surface area contributed by atoms with E-state index in [0.717, 1.165) is 42.5 Å². The maximum absolute atomic E-state index is 12.8. The van der Waals surface area contributed by atoms with Crippen molar-refractivity contribution < 1.29 is 9.53 Å². The molecule has 0 heterocycles. The summed E-state index contributed by atoms with van der Waals surface area (Å²) in [7, 11) is 0. The minimum atomic E-state index is 0.117. The Hall–Kier alpha value is -1.03. The largest absolute Gasteiger partial charge is 0.491 e. The molecule has 0 bridgehead atoms. The summed E-state index contributed by atoms with van der Waals surface area (Å²) in [5, 5.41) is 0.931. The lowest BCUT2D eigenvalue weighted by atomic mass is 9.91. The molecule has 1 aliphatic rings. The number of carbonyl (C=O) groups is 1. The molecule has 0 saturated heterocycles. The molecule has 1 amide bonds. The summed E-state index contributed by atoms with van der Waals surface area (Å²) in [5.41, 5.74) is 0.731. The summed E-state index contributed by atoms with van der Waals surface area (Å²) >= 11 is 3.45. The molecule has 0 unspecified atom stereocenters. The van der Waals surface area contributed by atoms with Crippen LogP contribution < -0.4 is 4.74 Å². The van der Waals surface area contributed by atoms with Crippen LogP contribution in [0.5, 0.6) is 5.75 Å². The number of hydrogen-bond acceptors (Lipinski definition) is 2. The third-order valence-electron chi connectivity index (χ3n) is 3.76. The van der Waals surface area contributed by atoms with E-state index in [9.17, 15) is 4.79 Å². The Morgan fingerprint density at radius 1 is 1.43 bits per heavy atom. The van der Waals surface area contributed by atoms with E-state index in [-0.39, 0.29) is 12.0 Å². The molecule has 0 radical (unpaired) electrons. The van der Waals surface area contributed by atoms with Crippen LogP contribution in [0.25, 0.3) is 0 Å². The predicted octanol–water partition coefficient (Wildman–Crippen LogP) is 4.25. The molecule has 0 atom stereocenters. The van der Waals surface area contributed by atoms with E-state index in [1.165, 1.54) is 6.42 Å². The van der Waals surface area contributed by atoms with Crippen LogP contribution >= 0.6 is 15.9 Å². The Bertz CT molecular complexity index is 472. The van der Waals surface area contributed by atoms with Crippen LogP contribution in [0.15, 0.2) is 24.3 Å². The van der Waals surface area contributed by atoms with Crippen molar-refractivity contribution in [3.63, 3.8) is 0 Å². The van der Waals surface area contributed by atoms with Crippen LogP contribution in [0.2, 0.25) is 0 Å². The standard InChI is InChI=1S/C17H24BrNO2/c1-13(2)21-16-9-3-6-14(12-16)17(20)19(11-5-10-18)15-7-4-8-15/h3,6,9,12-13,15H,4-5,7-8,10-11H2,1-2H3. The first-order valence-corrected chi connectivity index (χ1v) is 8.87. The molecule has 0 spiro atoms. The maximum atomic E-state index is 12.8. The van der Waals surface area contributed by atoms with E-state index in [4.69, 9.17) is 4.74 Å². The first kappa shape index (κ1) is 16.3. The molecular weight excluding hydrogens is 330 g/mol. The lowest BCUT2D eigenvalue weighted by Gasteiger charge is -2.37. The highest BCUT2D eigenvalue weighted by molar-refractivity contribution is 9.09. The van der Waals surface area contributed by atoms with Gasteiger partial charge in [0.05, 0.1) is 6.10 Å². The van der Waals surface area contributed by atoms with Crippen LogP contribution in [-0.2, 0) is 0 Å². The maximum Gasteiger partial charge on any atom is 0.254 e. The quantitative estimate of drug-likeness (QED) is 0.685. The zero-order valence-electron chi connectivity index (χ0n) is 12.8.